The van der Waals surface area contributed by atoms with Crippen molar-refractivity contribution in [2.45, 2.75) is 26.7 Å². The second-order valence-corrected chi connectivity index (χ2v) is 5.82. The van der Waals surface area contributed by atoms with Crippen molar-refractivity contribution in [2.75, 3.05) is 17.7 Å². The molecule has 0 aromatic heterocycles. The number of ether oxygens (including phenoxy) is 1. The van der Waals surface area contributed by atoms with Crippen LogP contribution in [0.3, 0.4) is 0 Å². The molecule has 0 fully saturated rings. The standard InChI is InChI=1S/C19H22N2O3/c1-12(2)17-11-16(9-10-18(17)24-4)21-19(23)14-5-7-15(8-6-14)20-13(3)22/h5-12H,1-4H3,(H,20,22)(H,21,23). The molecule has 5 nitrogen and oxygen atoms in total. The number of amides is 2. The Morgan fingerprint density at radius 2 is 1.58 bits per heavy atom. The number of rotatable bonds is 5. The van der Waals surface area contributed by atoms with Crippen LogP contribution in [0, 0.1) is 0 Å². The van der Waals surface area contributed by atoms with Gasteiger partial charge in [0.25, 0.3) is 5.91 Å². The Morgan fingerprint density at radius 1 is 0.958 bits per heavy atom. The Balaban J connectivity index is 2.14. The van der Waals surface area contributed by atoms with Gasteiger partial charge in [-0.05, 0) is 53.9 Å². The molecule has 24 heavy (non-hydrogen) atoms. The van der Waals surface area contributed by atoms with Crippen LogP contribution in [-0.2, 0) is 4.79 Å². The number of benzene rings is 2. The van der Waals surface area contributed by atoms with E-state index in [1.807, 2.05) is 18.2 Å². The predicted molar refractivity (Wildman–Crippen MR) is 95.8 cm³/mol. The minimum atomic E-state index is -0.204. The molecule has 126 valence electrons. The molecule has 0 atom stereocenters. The second-order valence-electron chi connectivity index (χ2n) is 5.82. The molecule has 0 aliphatic heterocycles. The molecule has 5 heteroatoms. The number of carbonyl (C=O) groups is 2. The predicted octanol–water partition coefficient (Wildman–Crippen LogP) is 4.03. The summed E-state index contributed by atoms with van der Waals surface area (Å²) in [6.45, 7) is 5.59. The summed E-state index contributed by atoms with van der Waals surface area (Å²) in [5.74, 6) is 0.743. The molecule has 0 unspecified atom stereocenters. The van der Waals surface area contributed by atoms with Gasteiger partial charge in [-0.3, -0.25) is 9.59 Å². The largest absolute Gasteiger partial charge is 0.496 e. The Morgan fingerprint density at radius 3 is 2.12 bits per heavy atom. The van der Waals surface area contributed by atoms with Crippen molar-refractivity contribution in [3.8, 4) is 5.75 Å². The number of carbonyl (C=O) groups excluding carboxylic acids is 2. The fourth-order valence-corrected chi connectivity index (χ4v) is 2.37. The summed E-state index contributed by atoms with van der Waals surface area (Å²) < 4.78 is 5.35. The van der Waals surface area contributed by atoms with Crippen LogP contribution in [0.4, 0.5) is 11.4 Å². The van der Waals surface area contributed by atoms with Gasteiger partial charge in [-0.1, -0.05) is 13.8 Å². The highest BCUT2D eigenvalue weighted by Gasteiger charge is 2.11. The summed E-state index contributed by atoms with van der Waals surface area (Å²) in [5.41, 5.74) is 2.93. The fourth-order valence-electron chi connectivity index (χ4n) is 2.37. The van der Waals surface area contributed by atoms with Crippen LogP contribution in [0.25, 0.3) is 0 Å². The molecular formula is C19H22N2O3. The third-order valence-electron chi connectivity index (χ3n) is 3.58. The molecule has 2 aromatic rings. The molecule has 0 spiro atoms. The van der Waals surface area contributed by atoms with Gasteiger partial charge in [0.1, 0.15) is 5.75 Å². The molecule has 2 aromatic carbocycles. The lowest BCUT2D eigenvalue weighted by Crippen LogP contribution is -2.12. The molecule has 0 saturated heterocycles. The summed E-state index contributed by atoms with van der Waals surface area (Å²) in [6, 6.07) is 12.3. The Kier molecular flexibility index (Phi) is 5.58. The molecule has 0 saturated carbocycles. The van der Waals surface area contributed by atoms with Gasteiger partial charge >= 0.3 is 0 Å². The van der Waals surface area contributed by atoms with Crippen LogP contribution in [0.15, 0.2) is 42.5 Å². The van der Waals surface area contributed by atoms with Crippen LogP contribution in [-0.4, -0.2) is 18.9 Å². The van der Waals surface area contributed by atoms with Crippen LogP contribution in [0.2, 0.25) is 0 Å². The fraction of sp³-hybridized carbons (Fsp3) is 0.263. The highest BCUT2D eigenvalue weighted by molar-refractivity contribution is 6.04. The average Bonchev–Trinajstić information content (AvgIpc) is 2.54. The van der Waals surface area contributed by atoms with E-state index in [2.05, 4.69) is 24.5 Å². The molecular weight excluding hydrogens is 304 g/mol. The van der Waals surface area contributed by atoms with Crippen molar-refractivity contribution in [1.82, 2.24) is 0 Å². The third-order valence-corrected chi connectivity index (χ3v) is 3.58. The molecule has 0 aliphatic rings. The zero-order valence-electron chi connectivity index (χ0n) is 14.3. The Bertz CT molecular complexity index is 737. The van der Waals surface area contributed by atoms with Gasteiger partial charge in [0.2, 0.25) is 5.91 Å². The third kappa shape index (κ3) is 4.35. The van der Waals surface area contributed by atoms with E-state index >= 15 is 0 Å². The van der Waals surface area contributed by atoms with Gasteiger partial charge in [-0.25, -0.2) is 0 Å². The maximum Gasteiger partial charge on any atom is 0.255 e. The molecule has 0 bridgehead atoms. The molecule has 0 radical (unpaired) electrons. The maximum absolute atomic E-state index is 12.4. The average molecular weight is 326 g/mol. The van der Waals surface area contributed by atoms with Gasteiger partial charge in [0.15, 0.2) is 0 Å². The number of methoxy groups -OCH3 is 1. The van der Waals surface area contributed by atoms with Crippen molar-refractivity contribution in [1.29, 1.82) is 0 Å². The van der Waals surface area contributed by atoms with E-state index in [1.54, 1.807) is 31.4 Å². The SMILES string of the molecule is COc1ccc(NC(=O)c2ccc(NC(C)=O)cc2)cc1C(C)C. The Hall–Kier alpha value is -2.82. The molecule has 0 aliphatic carbocycles. The van der Waals surface area contributed by atoms with Crippen LogP contribution in [0.1, 0.15) is 42.6 Å². The number of nitrogens with one attached hydrogen (secondary N) is 2. The normalized spacial score (nSPS) is 10.4. The van der Waals surface area contributed by atoms with Gasteiger partial charge in [0, 0.05) is 23.9 Å². The van der Waals surface area contributed by atoms with Crippen molar-refractivity contribution in [2.24, 2.45) is 0 Å². The van der Waals surface area contributed by atoms with Crippen molar-refractivity contribution < 1.29 is 14.3 Å². The van der Waals surface area contributed by atoms with Crippen molar-refractivity contribution in [3.05, 3.63) is 53.6 Å². The van der Waals surface area contributed by atoms with Gasteiger partial charge in [-0.15, -0.1) is 0 Å². The number of hydrogen-bond acceptors (Lipinski definition) is 3. The van der Waals surface area contributed by atoms with E-state index in [4.69, 9.17) is 4.74 Å². The summed E-state index contributed by atoms with van der Waals surface area (Å²) in [7, 11) is 1.64. The van der Waals surface area contributed by atoms with E-state index < -0.39 is 0 Å². The lowest BCUT2D eigenvalue weighted by molar-refractivity contribution is -0.114. The lowest BCUT2D eigenvalue weighted by Gasteiger charge is -2.14. The molecule has 2 amide bonds. The minimum Gasteiger partial charge on any atom is -0.496 e. The second kappa shape index (κ2) is 7.64. The monoisotopic (exact) mass is 326 g/mol. The number of hydrogen-bond donors (Lipinski definition) is 2. The summed E-state index contributed by atoms with van der Waals surface area (Å²) in [6.07, 6.45) is 0. The van der Waals surface area contributed by atoms with Crippen LogP contribution >= 0.6 is 0 Å². The molecule has 0 heterocycles. The molecule has 2 N–H and O–H groups in total. The first kappa shape index (κ1) is 17.5. The van der Waals surface area contributed by atoms with E-state index in [-0.39, 0.29) is 17.7 Å². The summed E-state index contributed by atoms with van der Waals surface area (Å²) >= 11 is 0. The van der Waals surface area contributed by atoms with Gasteiger partial charge < -0.3 is 15.4 Å². The van der Waals surface area contributed by atoms with Crippen molar-refractivity contribution in [3.63, 3.8) is 0 Å². The van der Waals surface area contributed by atoms with E-state index in [1.165, 1.54) is 6.92 Å². The summed E-state index contributed by atoms with van der Waals surface area (Å²) in [4.78, 5) is 23.4. The zero-order chi connectivity index (χ0) is 17.7. The smallest absolute Gasteiger partial charge is 0.255 e. The van der Waals surface area contributed by atoms with Crippen molar-refractivity contribution >= 4 is 23.2 Å². The lowest BCUT2D eigenvalue weighted by atomic mass is 10.0. The van der Waals surface area contributed by atoms with Gasteiger partial charge in [-0.2, -0.15) is 0 Å². The maximum atomic E-state index is 12.4. The first-order valence-corrected chi connectivity index (χ1v) is 7.77. The first-order chi connectivity index (χ1) is 11.4. The highest BCUT2D eigenvalue weighted by atomic mass is 16.5. The van der Waals surface area contributed by atoms with E-state index in [0.29, 0.717) is 11.3 Å². The molecule has 2 rings (SSSR count). The summed E-state index contributed by atoms with van der Waals surface area (Å²) in [5, 5.41) is 5.55. The van der Waals surface area contributed by atoms with E-state index in [0.717, 1.165) is 17.0 Å². The number of anilines is 2. The quantitative estimate of drug-likeness (QED) is 0.871. The highest BCUT2D eigenvalue weighted by Crippen LogP contribution is 2.29. The zero-order valence-corrected chi connectivity index (χ0v) is 14.3. The van der Waals surface area contributed by atoms with Crippen LogP contribution < -0.4 is 15.4 Å². The Labute approximate surface area is 142 Å². The van der Waals surface area contributed by atoms with Crippen LogP contribution in [0.5, 0.6) is 5.75 Å². The van der Waals surface area contributed by atoms with Gasteiger partial charge in [0.05, 0.1) is 7.11 Å². The first-order valence-electron chi connectivity index (χ1n) is 7.77. The topological polar surface area (TPSA) is 67.4 Å². The van der Waals surface area contributed by atoms with E-state index in [9.17, 15) is 9.59 Å². The minimum absolute atomic E-state index is 0.147.